The van der Waals surface area contributed by atoms with E-state index in [-0.39, 0.29) is 0 Å². The van der Waals surface area contributed by atoms with Gasteiger partial charge >= 0.3 is 0 Å². The lowest BCUT2D eigenvalue weighted by Gasteiger charge is -2.64. The summed E-state index contributed by atoms with van der Waals surface area (Å²) in [6.07, 6.45) is 8.83. The largest absolute Gasteiger partial charge is 0.383 e. The van der Waals surface area contributed by atoms with Crippen LogP contribution in [-0.2, 0) is 9.47 Å². The zero-order valence-electron chi connectivity index (χ0n) is 11.4. The van der Waals surface area contributed by atoms with Crippen LogP contribution in [0.1, 0.15) is 38.5 Å². The van der Waals surface area contributed by atoms with Gasteiger partial charge in [0.25, 0.3) is 0 Å². The number of ether oxygens (including phenoxy) is 2. The minimum atomic E-state index is 0.516. The minimum absolute atomic E-state index is 0.516. The smallest absolute Gasteiger partial charge is 0.0690 e. The highest BCUT2D eigenvalue weighted by Gasteiger charge is 2.66. The van der Waals surface area contributed by atoms with Crippen LogP contribution in [0.2, 0.25) is 0 Å². The van der Waals surface area contributed by atoms with Crippen LogP contribution in [0.5, 0.6) is 0 Å². The van der Waals surface area contributed by atoms with Crippen LogP contribution in [0.25, 0.3) is 0 Å². The topological polar surface area (TPSA) is 30.5 Å². The molecule has 4 atom stereocenters. The Bertz CT molecular complexity index is 324. The molecule has 0 aromatic heterocycles. The molecule has 4 rings (SSSR count). The van der Waals surface area contributed by atoms with Crippen LogP contribution in [0, 0.1) is 17.3 Å². The first-order valence-corrected chi connectivity index (χ1v) is 7.72. The lowest BCUT2D eigenvalue weighted by Crippen LogP contribution is -2.72. The third-order valence-electron chi connectivity index (χ3n) is 5.97. The Labute approximate surface area is 110 Å². The molecule has 0 radical (unpaired) electrons. The highest BCUT2D eigenvalue weighted by Crippen LogP contribution is 2.63. The first-order valence-electron chi connectivity index (χ1n) is 7.72. The fourth-order valence-corrected chi connectivity index (χ4v) is 4.72. The fraction of sp³-hybridized carbons (Fsp3) is 1.00. The molecule has 102 valence electrons. The number of hydrogen-bond donors (Lipinski definition) is 1. The third kappa shape index (κ3) is 1.53. The molecule has 4 fully saturated rings. The van der Waals surface area contributed by atoms with E-state index in [1.54, 1.807) is 0 Å². The van der Waals surface area contributed by atoms with Crippen LogP contribution >= 0.6 is 0 Å². The average Bonchev–Trinajstić information content (AvgIpc) is 3.05. The third-order valence-corrected chi connectivity index (χ3v) is 5.97. The number of rotatable bonds is 5. The van der Waals surface area contributed by atoms with Gasteiger partial charge < -0.3 is 14.8 Å². The van der Waals surface area contributed by atoms with Crippen LogP contribution in [0.15, 0.2) is 0 Å². The van der Waals surface area contributed by atoms with Crippen molar-refractivity contribution in [1.82, 2.24) is 5.32 Å². The predicted molar refractivity (Wildman–Crippen MR) is 69.4 cm³/mol. The molecule has 1 spiro atoms. The Balaban J connectivity index is 1.46. The van der Waals surface area contributed by atoms with Crippen molar-refractivity contribution in [1.29, 1.82) is 0 Å². The van der Waals surface area contributed by atoms with Crippen molar-refractivity contribution in [2.24, 2.45) is 17.3 Å². The molecule has 0 aromatic rings. The minimum Gasteiger partial charge on any atom is -0.383 e. The van der Waals surface area contributed by atoms with Gasteiger partial charge in [0.05, 0.1) is 12.7 Å². The molecule has 1 aliphatic heterocycles. The standard InChI is InChI=1S/C15H25NO2/c1-17-9-12(10-3-4-10)16-13-11-5-8-18-14(11)15(13)6-2-7-15/h10-14,16H,2-9H2,1H3/t11-,12+,13-,14+/m1/s1. The second-order valence-corrected chi connectivity index (χ2v) is 6.87. The molecule has 3 nitrogen and oxygen atoms in total. The molecular weight excluding hydrogens is 226 g/mol. The zero-order valence-corrected chi connectivity index (χ0v) is 11.4. The zero-order chi connectivity index (χ0) is 12.2. The molecule has 1 N–H and O–H groups in total. The van der Waals surface area contributed by atoms with E-state index < -0.39 is 0 Å². The van der Waals surface area contributed by atoms with Gasteiger partial charge in [-0.15, -0.1) is 0 Å². The van der Waals surface area contributed by atoms with Gasteiger partial charge in [-0.1, -0.05) is 6.42 Å². The van der Waals surface area contributed by atoms with Crippen molar-refractivity contribution in [3.63, 3.8) is 0 Å². The second-order valence-electron chi connectivity index (χ2n) is 6.87. The van der Waals surface area contributed by atoms with Gasteiger partial charge in [-0.3, -0.25) is 0 Å². The molecule has 3 heteroatoms. The van der Waals surface area contributed by atoms with E-state index in [2.05, 4.69) is 5.32 Å². The Hall–Kier alpha value is -0.120. The summed E-state index contributed by atoms with van der Waals surface area (Å²) in [7, 11) is 1.83. The SMILES string of the molecule is COC[C@H](N[C@@H]1[C@H]2CCO[C@@H]2C12CCC2)C1CC1. The van der Waals surface area contributed by atoms with Crippen LogP contribution in [0.4, 0.5) is 0 Å². The molecule has 0 aromatic carbocycles. The lowest BCUT2D eigenvalue weighted by atomic mass is 9.46. The normalized spacial score (nSPS) is 42.2. The van der Waals surface area contributed by atoms with Crippen molar-refractivity contribution in [2.75, 3.05) is 20.3 Å². The fourth-order valence-electron chi connectivity index (χ4n) is 4.72. The molecule has 3 aliphatic carbocycles. The molecular formula is C15H25NO2. The summed E-state index contributed by atoms with van der Waals surface area (Å²) in [5.41, 5.74) is 0.516. The van der Waals surface area contributed by atoms with Crippen molar-refractivity contribution in [3.8, 4) is 0 Å². The van der Waals surface area contributed by atoms with E-state index in [0.29, 0.717) is 17.6 Å². The highest BCUT2D eigenvalue weighted by molar-refractivity contribution is 5.19. The van der Waals surface area contributed by atoms with Crippen LogP contribution in [-0.4, -0.2) is 38.5 Å². The number of hydrogen-bond acceptors (Lipinski definition) is 3. The van der Waals surface area contributed by atoms with E-state index >= 15 is 0 Å². The predicted octanol–water partition coefficient (Wildman–Crippen LogP) is 1.96. The maximum Gasteiger partial charge on any atom is 0.0690 e. The summed E-state index contributed by atoms with van der Waals surface area (Å²) in [5, 5.41) is 3.98. The van der Waals surface area contributed by atoms with Gasteiger partial charge in [-0.2, -0.15) is 0 Å². The Kier molecular flexibility index (Phi) is 2.72. The Morgan fingerprint density at radius 1 is 1.33 bits per heavy atom. The van der Waals surface area contributed by atoms with Gasteiger partial charge in [0.2, 0.25) is 0 Å². The number of methoxy groups -OCH3 is 1. The molecule has 1 saturated heterocycles. The molecule has 18 heavy (non-hydrogen) atoms. The second kappa shape index (κ2) is 4.19. The summed E-state index contributed by atoms with van der Waals surface area (Å²) >= 11 is 0. The van der Waals surface area contributed by atoms with Crippen molar-refractivity contribution in [3.05, 3.63) is 0 Å². The summed E-state index contributed by atoms with van der Waals surface area (Å²) in [4.78, 5) is 0. The Morgan fingerprint density at radius 3 is 2.78 bits per heavy atom. The van der Waals surface area contributed by atoms with E-state index in [9.17, 15) is 0 Å². The van der Waals surface area contributed by atoms with E-state index in [1.165, 1.54) is 38.5 Å². The highest BCUT2D eigenvalue weighted by atomic mass is 16.5. The quantitative estimate of drug-likeness (QED) is 0.810. The van der Waals surface area contributed by atoms with Crippen LogP contribution < -0.4 is 5.32 Å². The van der Waals surface area contributed by atoms with Crippen molar-refractivity contribution >= 4 is 0 Å². The van der Waals surface area contributed by atoms with Gasteiger partial charge in [0.15, 0.2) is 0 Å². The number of fused-ring (bicyclic) bond motifs is 2. The van der Waals surface area contributed by atoms with Gasteiger partial charge in [-0.05, 0) is 38.0 Å². The lowest BCUT2D eigenvalue weighted by molar-refractivity contribution is -0.179. The van der Waals surface area contributed by atoms with Gasteiger partial charge in [-0.25, -0.2) is 0 Å². The summed E-state index contributed by atoms with van der Waals surface area (Å²) < 4.78 is 11.4. The monoisotopic (exact) mass is 251 g/mol. The summed E-state index contributed by atoms with van der Waals surface area (Å²) in [6.45, 7) is 1.88. The van der Waals surface area contributed by atoms with Crippen LogP contribution in [0.3, 0.4) is 0 Å². The van der Waals surface area contributed by atoms with Gasteiger partial charge in [0, 0.05) is 37.1 Å². The average molecular weight is 251 g/mol. The first kappa shape index (κ1) is 11.7. The van der Waals surface area contributed by atoms with Crippen molar-refractivity contribution < 1.29 is 9.47 Å². The summed E-state index contributed by atoms with van der Waals surface area (Å²) in [6, 6.07) is 1.32. The van der Waals surface area contributed by atoms with E-state index in [1.807, 2.05) is 7.11 Å². The number of nitrogens with one attached hydrogen (secondary N) is 1. The summed E-state index contributed by atoms with van der Waals surface area (Å²) in [5.74, 6) is 1.67. The maximum absolute atomic E-state index is 5.99. The van der Waals surface area contributed by atoms with Crippen molar-refractivity contribution in [2.45, 2.75) is 56.7 Å². The van der Waals surface area contributed by atoms with E-state index in [0.717, 1.165) is 31.1 Å². The maximum atomic E-state index is 5.99. The molecule has 4 aliphatic rings. The molecule has 0 unspecified atom stereocenters. The molecule has 0 amide bonds. The van der Waals surface area contributed by atoms with E-state index in [4.69, 9.17) is 9.47 Å². The molecule has 1 heterocycles. The molecule has 0 bridgehead atoms. The molecule has 3 saturated carbocycles. The Morgan fingerprint density at radius 2 is 2.17 bits per heavy atom. The first-order chi connectivity index (χ1) is 8.85. The van der Waals surface area contributed by atoms with Gasteiger partial charge in [0.1, 0.15) is 0 Å².